The summed E-state index contributed by atoms with van der Waals surface area (Å²) in [7, 11) is 0. The predicted octanol–water partition coefficient (Wildman–Crippen LogP) is 5.92. The summed E-state index contributed by atoms with van der Waals surface area (Å²) in [5, 5.41) is 4.76. The average Bonchev–Trinajstić information content (AvgIpc) is 3.36. The van der Waals surface area contributed by atoms with Gasteiger partial charge in [-0.2, -0.15) is 0 Å². The molecule has 3 aromatic carbocycles. The first-order valence-corrected chi connectivity index (χ1v) is 10.2. The van der Waals surface area contributed by atoms with Crippen LogP contribution in [0.4, 0.5) is 4.39 Å². The maximum Gasteiger partial charge on any atom is 0.287 e. The summed E-state index contributed by atoms with van der Waals surface area (Å²) in [6.07, 6.45) is 2.00. The number of carbonyl (C=O) groups excluding carboxylic acids is 1. The molecule has 5 heteroatoms. The van der Waals surface area contributed by atoms with E-state index in [1.807, 2.05) is 42.6 Å². The summed E-state index contributed by atoms with van der Waals surface area (Å²) < 4.78 is 19.3. The number of carbonyl (C=O) groups is 1. The topological polar surface area (TPSA) is 58.0 Å². The molecule has 0 bridgehead atoms. The molecule has 2 N–H and O–H groups in total. The number of amides is 1. The molecule has 1 atom stereocenters. The molecule has 5 rings (SSSR count). The number of furan rings is 1. The van der Waals surface area contributed by atoms with Gasteiger partial charge in [-0.05, 0) is 42.3 Å². The molecule has 5 aromatic rings. The van der Waals surface area contributed by atoms with Crippen LogP contribution in [0.1, 0.15) is 33.2 Å². The number of nitrogens with one attached hydrogen (secondary N) is 2. The molecule has 2 aromatic heterocycles. The lowest BCUT2D eigenvalue weighted by Gasteiger charge is -2.18. The van der Waals surface area contributed by atoms with E-state index in [2.05, 4.69) is 28.5 Å². The van der Waals surface area contributed by atoms with Crippen LogP contribution in [0.5, 0.6) is 0 Å². The molecule has 0 fully saturated rings. The second kappa shape index (κ2) is 7.76. The van der Waals surface area contributed by atoms with Crippen LogP contribution in [-0.2, 0) is 0 Å². The van der Waals surface area contributed by atoms with E-state index in [1.165, 1.54) is 12.1 Å². The summed E-state index contributed by atoms with van der Waals surface area (Å²) in [5.74, 6) is -0.489. The van der Waals surface area contributed by atoms with Crippen LogP contribution in [0, 0.1) is 12.7 Å². The van der Waals surface area contributed by atoms with Crippen LogP contribution in [-0.4, -0.2) is 17.4 Å². The Kier molecular flexibility index (Phi) is 4.79. The maximum absolute atomic E-state index is 13.6. The largest absolute Gasteiger partial charge is 0.451 e. The quantitative estimate of drug-likeness (QED) is 0.376. The van der Waals surface area contributed by atoms with Crippen molar-refractivity contribution in [2.45, 2.75) is 12.8 Å². The van der Waals surface area contributed by atoms with Gasteiger partial charge in [0.05, 0.1) is 0 Å². The van der Waals surface area contributed by atoms with Gasteiger partial charge in [0.2, 0.25) is 0 Å². The van der Waals surface area contributed by atoms with Crippen molar-refractivity contribution >= 4 is 27.8 Å². The molecule has 0 aliphatic heterocycles. The molecule has 4 nitrogen and oxygen atoms in total. The summed E-state index contributed by atoms with van der Waals surface area (Å²) in [6.45, 7) is 2.17. The van der Waals surface area contributed by atoms with Crippen LogP contribution in [0.2, 0.25) is 0 Å². The van der Waals surface area contributed by atoms with E-state index in [0.717, 1.165) is 22.0 Å². The summed E-state index contributed by atoms with van der Waals surface area (Å²) in [4.78, 5) is 16.3. The van der Waals surface area contributed by atoms with Gasteiger partial charge >= 0.3 is 0 Å². The summed E-state index contributed by atoms with van der Waals surface area (Å²) in [5.41, 5.74) is 4.41. The van der Waals surface area contributed by atoms with Gasteiger partial charge in [-0.3, -0.25) is 4.79 Å². The van der Waals surface area contributed by atoms with Gasteiger partial charge in [0.25, 0.3) is 5.91 Å². The molecule has 2 heterocycles. The third kappa shape index (κ3) is 3.48. The highest BCUT2D eigenvalue weighted by Gasteiger charge is 2.22. The van der Waals surface area contributed by atoms with Gasteiger partial charge in [0.15, 0.2) is 5.76 Å². The van der Waals surface area contributed by atoms with E-state index in [0.29, 0.717) is 23.1 Å². The minimum atomic E-state index is -0.355. The standard InChI is InChI=1S/C26H21FN2O2/c1-16-20-13-18(27)11-12-24(20)31-25(16)26(30)29-14-21(17-7-3-2-4-8-17)22-15-28-23-10-6-5-9-19(22)23/h2-13,15,21,28H,14H2,1H3,(H,29,30)/t21-/m0/s1. The molecular formula is C26H21FN2O2. The van der Waals surface area contributed by atoms with E-state index in [-0.39, 0.29) is 23.4 Å². The Morgan fingerprint density at radius 2 is 1.81 bits per heavy atom. The number of rotatable bonds is 5. The molecule has 154 valence electrons. The monoisotopic (exact) mass is 412 g/mol. The first-order valence-electron chi connectivity index (χ1n) is 10.2. The number of aryl methyl sites for hydroxylation is 1. The van der Waals surface area contributed by atoms with Crippen molar-refractivity contribution in [1.82, 2.24) is 10.3 Å². The Balaban J connectivity index is 1.47. The fraction of sp³-hybridized carbons (Fsp3) is 0.115. The van der Waals surface area contributed by atoms with Gasteiger partial charge < -0.3 is 14.7 Å². The minimum Gasteiger partial charge on any atom is -0.451 e. The Morgan fingerprint density at radius 3 is 2.65 bits per heavy atom. The van der Waals surface area contributed by atoms with E-state index < -0.39 is 0 Å². The van der Waals surface area contributed by atoms with Crippen molar-refractivity contribution in [3.05, 3.63) is 107 Å². The molecule has 0 aliphatic carbocycles. The van der Waals surface area contributed by atoms with Crippen molar-refractivity contribution in [3.63, 3.8) is 0 Å². The number of H-pyrrole nitrogens is 1. The fourth-order valence-electron chi connectivity index (χ4n) is 4.16. The van der Waals surface area contributed by atoms with Crippen molar-refractivity contribution < 1.29 is 13.6 Å². The molecule has 0 aliphatic rings. The number of para-hydroxylation sites is 1. The lowest BCUT2D eigenvalue weighted by atomic mass is 9.91. The van der Waals surface area contributed by atoms with Gasteiger partial charge in [0.1, 0.15) is 11.4 Å². The number of hydrogen-bond acceptors (Lipinski definition) is 2. The van der Waals surface area contributed by atoms with Gasteiger partial charge in [0, 0.05) is 40.5 Å². The van der Waals surface area contributed by atoms with E-state index in [4.69, 9.17) is 4.42 Å². The Hall–Kier alpha value is -3.86. The number of fused-ring (bicyclic) bond motifs is 2. The van der Waals surface area contributed by atoms with E-state index in [9.17, 15) is 9.18 Å². The van der Waals surface area contributed by atoms with Crippen molar-refractivity contribution in [3.8, 4) is 0 Å². The molecule has 0 unspecified atom stereocenters. The van der Waals surface area contributed by atoms with Crippen LogP contribution < -0.4 is 5.32 Å². The Bertz CT molecular complexity index is 1380. The fourth-order valence-corrected chi connectivity index (χ4v) is 4.16. The zero-order valence-corrected chi connectivity index (χ0v) is 17.0. The van der Waals surface area contributed by atoms with E-state index in [1.54, 1.807) is 13.0 Å². The van der Waals surface area contributed by atoms with Crippen LogP contribution >= 0.6 is 0 Å². The first-order chi connectivity index (χ1) is 15.1. The van der Waals surface area contributed by atoms with Gasteiger partial charge in [-0.25, -0.2) is 4.39 Å². The lowest BCUT2D eigenvalue weighted by Crippen LogP contribution is -2.29. The summed E-state index contributed by atoms with van der Waals surface area (Å²) in [6, 6.07) is 22.5. The number of benzene rings is 3. The highest BCUT2D eigenvalue weighted by atomic mass is 19.1. The van der Waals surface area contributed by atoms with Crippen LogP contribution in [0.3, 0.4) is 0 Å². The van der Waals surface area contributed by atoms with Gasteiger partial charge in [-0.1, -0.05) is 48.5 Å². The second-order valence-corrected chi connectivity index (χ2v) is 7.66. The molecule has 0 saturated heterocycles. The number of halogens is 1. The smallest absolute Gasteiger partial charge is 0.287 e. The van der Waals surface area contributed by atoms with Gasteiger partial charge in [-0.15, -0.1) is 0 Å². The zero-order chi connectivity index (χ0) is 21.4. The van der Waals surface area contributed by atoms with Crippen molar-refractivity contribution in [1.29, 1.82) is 0 Å². The molecule has 31 heavy (non-hydrogen) atoms. The Labute approximate surface area is 178 Å². The molecule has 0 saturated carbocycles. The lowest BCUT2D eigenvalue weighted by molar-refractivity contribution is 0.0926. The third-order valence-corrected chi connectivity index (χ3v) is 5.77. The Morgan fingerprint density at radius 1 is 1.03 bits per heavy atom. The first kappa shape index (κ1) is 19.1. The minimum absolute atomic E-state index is 0.0385. The highest BCUT2D eigenvalue weighted by molar-refractivity contribution is 5.99. The molecule has 0 radical (unpaired) electrons. The number of aromatic amines is 1. The normalized spacial score (nSPS) is 12.3. The van der Waals surface area contributed by atoms with Crippen molar-refractivity contribution in [2.24, 2.45) is 0 Å². The van der Waals surface area contributed by atoms with E-state index >= 15 is 0 Å². The predicted molar refractivity (Wildman–Crippen MR) is 120 cm³/mol. The zero-order valence-electron chi connectivity index (χ0n) is 17.0. The number of hydrogen-bond donors (Lipinski definition) is 2. The molecular weight excluding hydrogens is 391 g/mol. The van der Waals surface area contributed by atoms with Crippen molar-refractivity contribution in [2.75, 3.05) is 6.54 Å². The highest BCUT2D eigenvalue weighted by Crippen LogP contribution is 2.31. The SMILES string of the molecule is Cc1c(C(=O)NC[C@@H](c2ccccc2)c2c[nH]c3ccccc23)oc2ccc(F)cc12. The number of aromatic nitrogens is 1. The third-order valence-electron chi connectivity index (χ3n) is 5.77. The maximum atomic E-state index is 13.6. The summed E-state index contributed by atoms with van der Waals surface area (Å²) >= 11 is 0. The molecule has 0 spiro atoms. The second-order valence-electron chi connectivity index (χ2n) is 7.66. The van der Waals surface area contributed by atoms with Crippen LogP contribution in [0.15, 0.2) is 83.4 Å². The molecule has 1 amide bonds. The average molecular weight is 412 g/mol. The van der Waals surface area contributed by atoms with Crippen LogP contribution in [0.25, 0.3) is 21.9 Å².